The summed E-state index contributed by atoms with van der Waals surface area (Å²) in [6, 6.07) is 20.4. The summed E-state index contributed by atoms with van der Waals surface area (Å²) in [7, 11) is 0. The number of rotatable bonds is 5. The minimum atomic E-state index is -0.616. The van der Waals surface area contributed by atoms with Gasteiger partial charge in [0.2, 0.25) is 0 Å². The largest absolute Gasteiger partial charge is 0.449 e. The van der Waals surface area contributed by atoms with Crippen LogP contribution in [0.5, 0.6) is 0 Å². The lowest BCUT2D eigenvalue weighted by atomic mass is 9.98. The third kappa shape index (κ3) is 3.80. The summed E-state index contributed by atoms with van der Waals surface area (Å²) in [6.07, 6.45) is -0.616. The van der Waals surface area contributed by atoms with Gasteiger partial charge in [0, 0.05) is 18.1 Å². The van der Waals surface area contributed by atoms with E-state index in [1.807, 2.05) is 36.4 Å². The number of nitrogens with zero attached hydrogens (tertiary/aromatic N) is 4. The second-order valence-corrected chi connectivity index (χ2v) is 7.98. The van der Waals surface area contributed by atoms with Gasteiger partial charge >= 0.3 is 6.09 Å². The number of non-ortho nitro benzene ring substituents is 1. The highest BCUT2D eigenvalue weighted by Crippen LogP contribution is 2.44. The Kier molecular flexibility index (Phi) is 5.27. The van der Waals surface area contributed by atoms with E-state index >= 15 is 0 Å². The Balaban J connectivity index is 1.24. The first kappa shape index (κ1) is 20.7. The Labute approximate surface area is 193 Å². The van der Waals surface area contributed by atoms with Gasteiger partial charge in [-0.1, -0.05) is 66.0 Å². The molecule has 164 valence electrons. The number of amides is 1. The molecule has 1 amide bonds. The van der Waals surface area contributed by atoms with Crippen LogP contribution in [0.2, 0.25) is 0 Å². The first-order chi connectivity index (χ1) is 16.0. The highest BCUT2D eigenvalue weighted by molar-refractivity contribution is 7.80. The number of ether oxygens (including phenoxy) is 1. The third-order valence-electron chi connectivity index (χ3n) is 5.60. The predicted molar refractivity (Wildman–Crippen MR) is 125 cm³/mol. The summed E-state index contributed by atoms with van der Waals surface area (Å²) in [5.41, 5.74) is 5.30. The van der Waals surface area contributed by atoms with E-state index in [1.54, 1.807) is 0 Å². The molecule has 10 heteroatoms. The van der Waals surface area contributed by atoms with Crippen molar-refractivity contribution in [3.8, 4) is 11.1 Å². The first-order valence-electron chi connectivity index (χ1n) is 10.1. The van der Waals surface area contributed by atoms with Gasteiger partial charge in [-0.25, -0.2) is 9.48 Å². The number of nitro groups is 1. The van der Waals surface area contributed by atoms with E-state index in [1.165, 1.54) is 22.9 Å². The van der Waals surface area contributed by atoms with Crippen molar-refractivity contribution in [1.29, 1.82) is 0 Å². The number of carbonyl (C=O) groups is 1. The second kappa shape index (κ2) is 8.40. The van der Waals surface area contributed by atoms with Gasteiger partial charge in [0.05, 0.1) is 11.5 Å². The highest BCUT2D eigenvalue weighted by Gasteiger charge is 2.29. The van der Waals surface area contributed by atoms with Crippen LogP contribution in [0, 0.1) is 10.1 Å². The Morgan fingerprint density at radius 3 is 2.42 bits per heavy atom. The van der Waals surface area contributed by atoms with Crippen molar-refractivity contribution in [2.24, 2.45) is 0 Å². The molecule has 33 heavy (non-hydrogen) atoms. The average Bonchev–Trinajstić information content (AvgIpc) is 3.40. The molecule has 0 aliphatic heterocycles. The van der Waals surface area contributed by atoms with E-state index in [-0.39, 0.29) is 29.7 Å². The van der Waals surface area contributed by atoms with E-state index in [0.29, 0.717) is 11.0 Å². The second-order valence-electron chi connectivity index (χ2n) is 7.50. The molecular formula is C23H17N5O4S. The molecule has 0 atom stereocenters. The smallest absolute Gasteiger partial charge is 0.407 e. The molecule has 1 N–H and O–H groups in total. The summed E-state index contributed by atoms with van der Waals surface area (Å²) < 4.78 is 6.79. The van der Waals surface area contributed by atoms with Gasteiger partial charge in [-0.15, -0.1) is 5.10 Å². The van der Waals surface area contributed by atoms with Crippen LogP contribution in [-0.2, 0) is 4.74 Å². The maximum Gasteiger partial charge on any atom is 0.407 e. The number of hydrogen-bond acceptors (Lipinski definition) is 7. The number of hydrogen-bond donors (Lipinski definition) is 1. The molecule has 0 fully saturated rings. The Hall–Kier alpha value is -4.18. The number of aromatic nitrogens is 3. The fourth-order valence-corrected chi connectivity index (χ4v) is 4.28. The van der Waals surface area contributed by atoms with Gasteiger partial charge in [-0.2, -0.15) is 0 Å². The lowest BCUT2D eigenvalue weighted by molar-refractivity contribution is -0.384. The summed E-state index contributed by atoms with van der Waals surface area (Å²) in [6.45, 7) is 0.151. The molecule has 1 aliphatic carbocycles. The van der Waals surface area contributed by atoms with Gasteiger partial charge in [0.25, 0.3) is 5.69 Å². The minimum Gasteiger partial charge on any atom is -0.449 e. The van der Waals surface area contributed by atoms with Crippen molar-refractivity contribution in [2.75, 3.05) is 13.2 Å². The van der Waals surface area contributed by atoms with Crippen LogP contribution in [0.4, 0.5) is 10.5 Å². The molecule has 9 nitrogen and oxygen atoms in total. The zero-order valence-corrected chi connectivity index (χ0v) is 18.0. The van der Waals surface area contributed by atoms with E-state index < -0.39 is 11.0 Å². The van der Waals surface area contributed by atoms with Gasteiger partial charge in [-0.3, -0.25) is 10.1 Å². The molecule has 1 aromatic heterocycles. The van der Waals surface area contributed by atoms with Crippen molar-refractivity contribution in [1.82, 2.24) is 20.3 Å². The number of carbonyl (C=O) groups excluding carboxylic acids is 1. The summed E-state index contributed by atoms with van der Waals surface area (Å²) >= 11 is 5.34. The van der Waals surface area contributed by atoms with E-state index in [0.717, 1.165) is 22.3 Å². The molecule has 0 bridgehead atoms. The molecule has 3 aromatic carbocycles. The van der Waals surface area contributed by atoms with Crippen LogP contribution in [0.15, 0.2) is 66.7 Å². The number of nitro benzene ring substituents is 1. The quantitative estimate of drug-likeness (QED) is 0.272. The van der Waals surface area contributed by atoms with E-state index in [9.17, 15) is 14.9 Å². The normalized spacial score (nSPS) is 12.2. The molecule has 0 radical (unpaired) electrons. The van der Waals surface area contributed by atoms with Crippen molar-refractivity contribution in [2.45, 2.75) is 5.92 Å². The number of fused-ring (bicyclic) bond motifs is 4. The zero-order chi connectivity index (χ0) is 22.9. The number of nitrogens with one attached hydrogen (secondary N) is 1. The maximum absolute atomic E-state index is 12.4. The van der Waals surface area contributed by atoms with Crippen molar-refractivity contribution >= 4 is 40.0 Å². The van der Waals surface area contributed by atoms with Gasteiger partial charge in [-0.05, 0) is 28.3 Å². The van der Waals surface area contributed by atoms with Crippen molar-refractivity contribution in [3.05, 3.63) is 88.0 Å². The molecule has 0 saturated heterocycles. The van der Waals surface area contributed by atoms with Crippen LogP contribution < -0.4 is 5.32 Å². The molecule has 0 spiro atoms. The SMILES string of the molecule is O=C(NCC(=S)n1nnc2ccc([N+](=O)[O-])cc21)OCC1c2ccccc2-c2ccccc21. The topological polar surface area (TPSA) is 112 Å². The van der Waals surface area contributed by atoms with Gasteiger partial charge in [0.1, 0.15) is 22.6 Å². The number of benzene rings is 3. The minimum absolute atomic E-state index is 0.0346. The lowest BCUT2D eigenvalue weighted by Gasteiger charge is -2.14. The Morgan fingerprint density at radius 1 is 1.09 bits per heavy atom. The number of alkyl carbamates (subject to hydrolysis) is 1. The molecule has 0 saturated carbocycles. The summed E-state index contributed by atoms with van der Waals surface area (Å²) in [5, 5.41) is 21.6. The van der Waals surface area contributed by atoms with Crippen LogP contribution in [0.3, 0.4) is 0 Å². The zero-order valence-electron chi connectivity index (χ0n) is 17.2. The molecular weight excluding hydrogens is 442 g/mol. The Morgan fingerprint density at radius 2 is 1.76 bits per heavy atom. The Bertz CT molecular complexity index is 1370. The third-order valence-corrected chi connectivity index (χ3v) is 5.92. The molecule has 5 rings (SSSR count). The highest BCUT2D eigenvalue weighted by atomic mass is 32.1. The maximum atomic E-state index is 12.4. The standard InChI is InChI=1S/C23H17N5O4S/c29-23(24-12-22(33)27-21-11-14(28(30)31)9-10-20(21)25-26-27)32-13-19-17-7-3-1-5-15(17)16-6-2-4-8-18(16)19/h1-11,19H,12-13H2,(H,24,29). The van der Waals surface area contributed by atoms with Crippen LogP contribution in [-0.4, -0.2) is 44.2 Å². The molecule has 4 aromatic rings. The monoisotopic (exact) mass is 459 g/mol. The number of thiocarbonyl (C=S) groups is 1. The van der Waals surface area contributed by atoms with Crippen LogP contribution >= 0.6 is 12.2 Å². The first-order valence-corrected chi connectivity index (χ1v) is 10.6. The van der Waals surface area contributed by atoms with Crippen molar-refractivity contribution < 1.29 is 14.5 Å². The van der Waals surface area contributed by atoms with E-state index in [4.69, 9.17) is 17.0 Å². The molecule has 1 heterocycles. The van der Waals surface area contributed by atoms with Crippen LogP contribution in [0.1, 0.15) is 17.0 Å². The van der Waals surface area contributed by atoms with Gasteiger partial charge < -0.3 is 10.1 Å². The fraction of sp³-hybridized carbons (Fsp3) is 0.130. The predicted octanol–water partition coefficient (Wildman–Crippen LogP) is 4.05. The molecule has 1 aliphatic rings. The molecule has 0 unspecified atom stereocenters. The van der Waals surface area contributed by atoms with E-state index in [2.05, 4.69) is 27.8 Å². The van der Waals surface area contributed by atoms with Crippen molar-refractivity contribution in [3.63, 3.8) is 0 Å². The fourth-order valence-electron chi connectivity index (χ4n) is 4.08. The summed E-state index contributed by atoms with van der Waals surface area (Å²) in [4.78, 5) is 23.1. The van der Waals surface area contributed by atoms with Crippen LogP contribution in [0.25, 0.3) is 22.2 Å². The van der Waals surface area contributed by atoms with Gasteiger partial charge in [0.15, 0.2) is 0 Å². The average molecular weight is 459 g/mol. The lowest BCUT2D eigenvalue weighted by Crippen LogP contribution is -2.33. The summed E-state index contributed by atoms with van der Waals surface area (Å²) in [5.74, 6) is -0.0464.